The molecular formula is C87H93Cl6N21O12S3. The predicted octanol–water partition coefficient (Wildman–Crippen LogP) is 10.9. The van der Waals surface area contributed by atoms with Crippen LogP contribution in [0, 0.1) is 57.7 Å². The highest BCUT2D eigenvalue weighted by Crippen LogP contribution is 2.28. The van der Waals surface area contributed by atoms with Crippen molar-refractivity contribution < 1.29 is 58.5 Å². The Morgan fingerprint density at radius 3 is 1.04 bits per heavy atom. The number of carbonyl (C=O) groups excluding carboxylic acids is 4. The number of halogens is 6. The maximum Gasteiger partial charge on any atom is 0.309 e. The first-order valence-corrected chi connectivity index (χ1v) is 46.9. The fourth-order valence-corrected chi connectivity index (χ4v) is 18.6. The second-order valence-electron chi connectivity index (χ2n) is 28.1. The zero-order valence-electron chi connectivity index (χ0n) is 69.6. The minimum atomic E-state index is -3.69. The van der Waals surface area contributed by atoms with Crippen LogP contribution in [0.1, 0.15) is 42.4 Å². The quantitative estimate of drug-likeness (QED) is 0.00344. The number of rotatable bonds is 34. The largest absolute Gasteiger partial charge is 0.757 e. The number of unbranched alkanes of at least 4 members (excludes halogenated alkanes) is 2. The summed E-state index contributed by atoms with van der Waals surface area (Å²) in [6.45, 7) is 6.18. The topological polar surface area (TPSA) is 443 Å². The number of amides is 4. The summed E-state index contributed by atoms with van der Waals surface area (Å²) in [6, 6.07) is 38.3. The third kappa shape index (κ3) is 32.1. The zero-order valence-corrected chi connectivity index (χ0v) is 76.6. The van der Waals surface area contributed by atoms with Crippen LogP contribution in [-0.4, -0.2) is 240 Å². The lowest BCUT2D eigenvalue weighted by molar-refractivity contribution is -0.576. The average molecular weight is 1930 g/mol. The molecule has 4 aliphatic heterocycles. The molecule has 129 heavy (non-hydrogen) atoms. The molecule has 0 atom stereocenters. The molecule has 4 fully saturated rings. The van der Waals surface area contributed by atoms with E-state index in [2.05, 4.69) is 48.4 Å². The van der Waals surface area contributed by atoms with Gasteiger partial charge in [-0.25, -0.2) is 25.3 Å². The van der Waals surface area contributed by atoms with Gasteiger partial charge in [0, 0.05) is 222 Å². The molecule has 9 N–H and O–H groups in total. The van der Waals surface area contributed by atoms with Gasteiger partial charge in [-0.2, -0.15) is 28.6 Å². The van der Waals surface area contributed by atoms with Gasteiger partial charge >= 0.3 is 5.70 Å². The summed E-state index contributed by atoms with van der Waals surface area (Å²) in [7, 11) is -10.7. The second kappa shape index (κ2) is 52.0. The van der Waals surface area contributed by atoms with E-state index in [-0.39, 0.29) is 127 Å². The van der Waals surface area contributed by atoms with Crippen molar-refractivity contribution in [3.63, 3.8) is 0 Å². The summed E-state index contributed by atoms with van der Waals surface area (Å²) in [6.07, 6.45) is 26.0. The van der Waals surface area contributed by atoms with Crippen LogP contribution in [0.5, 0.6) is 0 Å². The smallest absolute Gasteiger partial charge is 0.309 e. The van der Waals surface area contributed by atoms with E-state index in [4.69, 9.17) is 124 Å². The predicted molar refractivity (Wildman–Crippen MR) is 504 cm³/mol. The molecule has 0 bridgehead atoms. The number of nitrogens with one attached hydrogen (secondary N) is 9. The second-order valence-corrected chi connectivity index (χ2v) is 36.5. The number of hydrogen-bond acceptors (Lipinski definition) is 24. The van der Waals surface area contributed by atoms with Crippen molar-refractivity contribution in [2.24, 2.45) is 0 Å². The van der Waals surface area contributed by atoms with Crippen molar-refractivity contribution >= 4 is 182 Å². The van der Waals surface area contributed by atoms with Crippen molar-refractivity contribution in [2.45, 2.75) is 42.9 Å². The monoisotopic (exact) mass is 1930 g/mol. The Balaban J connectivity index is 0.000000217. The fraction of sp³-hybridized carbons (Fsp3) is 0.287. The molecule has 4 saturated heterocycles. The lowest BCUT2D eigenvalue weighted by Gasteiger charge is -2.36. The third-order valence-corrected chi connectivity index (χ3v) is 26.5. The molecule has 33 nitrogen and oxygen atoms in total. The number of allylic oxidation sites excluding steroid dienone is 5. The summed E-state index contributed by atoms with van der Waals surface area (Å²) >= 11 is 36.3. The van der Waals surface area contributed by atoms with E-state index in [1.807, 2.05) is 4.90 Å². The number of anilines is 4. The Hall–Kier alpha value is -11.9. The Morgan fingerprint density at radius 1 is 0.457 bits per heavy atom. The number of hydrogen-bond donors (Lipinski definition) is 9. The molecule has 0 aliphatic carbocycles. The highest BCUT2D eigenvalue weighted by Gasteiger charge is 2.35. The first kappa shape index (κ1) is 103. The Kier molecular flexibility index (Phi) is 41.3. The third-order valence-electron chi connectivity index (χ3n) is 19.3. The van der Waals surface area contributed by atoms with Gasteiger partial charge in [-0.1, -0.05) is 93.9 Å². The molecule has 4 amide bonds. The molecule has 0 radical (unpaired) electrons. The molecule has 7 heterocycles. The van der Waals surface area contributed by atoms with Gasteiger partial charge in [0.25, 0.3) is 23.6 Å². The molecule has 0 saturated carbocycles. The number of sulfonamides is 3. The van der Waals surface area contributed by atoms with Crippen LogP contribution >= 0.6 is 69.6 Å². The van der Waals surface area contributed by atoms with E-state index in [1.54, 1.807) is 185 Å². The van der Waals surface area contributed by atoms with Gasteiger partial charge in [-0.05, 0) is 127 Å². The number of benzene rings is 4. The molecular weight excluding hydrogens is 1840 g/mol. The van der Waals surface area contributed by atoms with Gasteiger partial charge in [0.2, 0.25) is 41.6 Å². The highest BCUT2D eigenvalue weighted by molar-refractivity contribution is 7.88. The van der Waals surface area contributed by atoms with Crippen LogP contribution in [0.15, 0.2) is 215 Å². The SMILES string of the molecule is C#CCCCO/C(C(=O)Nc1cccc(Cl)c1)=C(/C=N)N1CCN(S(=O)(=O)Cc2cc[n+](C(=C=[N-])C#N)cc2)CC1.C#CCCCO/C(C(=O)Nc1cccc(Cl)c1)=C(/C=N)N1CCN(S(=O)(=O)Cc2ccncc2)CC1.N=C/C(=C(/Cl)C(=O)Nc1cccc(Cl)c1)N1CCN(S(=O)(=O)Cc2ccncc2)CC1.N=C/C(=C(/Cl)C(=O)Nc1cccc(Cl)c1)N1CCNCC1. The number of aromatic nitrogens is 3. The molecule has 7 aromatic rings. The van der Waals surface area contributed by atoms with E-state index in [0.717, 1.165) is 37.9 Å². The summed E-state index contributed by atoms with van der Waals surface area (Å²) in [5, 5.41) is 65.0. The standard InChI is InChI=1S/C28H28ClN7O4S.C25H28ClN5O4S.C20H21Cl2N5O3S.C14H16Cl2N4O/c1-2-3-4-16-40-27(28(37)33-24-7-5-6-23(29)17-24)26(20-32)35-12-14-36(15-13-35)41(38,39)21-22-8-10-34(11-9-22)25(18-30)19-31;1-2-3-4-16-35-24(25(32)29-22-7-5-6-21(26)17-22)23(18-27)30-12-14-31(15-13-30)36(33,34)19-20-8-10-28-11-9-20;21-16-2-1-3-17(12-16)25-20(28)19(22)18(13-23)26-8-10-27(11-9-26)31(29,30)14-15-4-6-24-7-5-15;15-10-2-1-3-11(8-10)19-14(21)13(16)12(9-17)20-6-4-18-5-7-20/h1,5-11,17,20,32H,3-4,12-16,21H2,(H,33,37);1,5-11,17-18,27H,3-4,12-16,19H2,(H,29,32);1-7,12-13,23H,8-11,14H2,(H,25,28);1-3,8-9,17-18H,4-7H2,(H,19,21)/b27-26-,32-20?;24-23-,27-18?;19-18-,23-13?;13-12-,17-9?. The number of pyridine rings is 3. The van der Waals surface area contributed by atoms with Crippen LogP contribution in [0.4, 0.5) is 22.7 Å². The van der Waals surface area contributed by atoms with Gasteiger partial charge in [0.1, 0.15) is 21.5 Å². The zero-order chi connectivity index (χ0) is 93.5. The van der Waals surface area contributed by atoms with Crippen molar-refractivity contribution in [1.29, 1.82) is 26.9 Å². The van der Waals surface area contributed by atoms with Gasteiger partial charge < -0.3 is 82.7 Å². The molecule has 0 spiro atoms. The highest BCUT2D eigenvalue weighted by atomic mass is 35.5. The molecule has 42 heteroatoms. The molecule has 3 aromatic heterocycles. The van der Waals surface area contributed by atoms with Gasteiger partial charge in [0.15, 0.2) is 18.5 Å². The number of carbonyl (C=O) groups is 4. The summed E-state index contributed by atoms with van der Waals surface area (Å²) in [4.78, 5) is 66.0. The van der Waals surface area contributed by atoms with Crippen LogP contribution in [0.3, 0.4) is 0 Å². The fourth-order valence-electron chi connectivity index (χ4n) is 12.9. The number of terminal acetylenes is 2. The van der Waals surface area contributed by atoms with Gasteiger partial charge in [0.05, 0.1) is 41.9 Å². The number of nitrogens with zero attached hydrogens (tertiary/aromatic N) is 12. The summed E-state index contributed by atoms with van der Waals surface area (Å²) in [5.74, 6) is 4.09. The molecule has 4 aromatic carbocycles. The van der Waals surface area contributed by atoms with Crippen LogP contribution in [0.2, 0.25) is 20.1 Å². The number of ether oxygens (including phenoxy) is 2. The van der Waals surface area contributed by atoms with E-state index < -0.39 is 53.7 Å². The summed E-state index contributed by atoms with van der Waals surface area (Å²) < 4.78 is 94.5. The minimum absolute atomic E-state index is 0.00637. The first-order valence-electron chi connectivity index (χ1n) is 39.8. The van der Waals surface area contributed by atoms with Crippen molar-refractivity contribution in [2.75, 3.05) is 139 Å². The van der Waals surface area contributed by atoms with Crippen molar-refractivity contribution in [3.8, 4) is 30.8 Å². The van der Waals surface area contributed by atoms with Gasteiger partial charge in [-0.15, -0.1) is 24.7 Å². The Morgan fingerprint density at radius 2 is 0.752 bits per heavy atom. The average Bonchev–Trinajstić information content (AvgIpc) is 1.05. The normalized spacial score (nSPS) is 15.1. The van der Waals surface area contributed by atoms with E-state index in [9.17, 15) is 44.4 Å². The number of nitriles is 1. The molecule has 678 valence electrons. The Bertz CT molecular complexity index is 5810. The van der Waals surface area contributed by atoms with Crippen LogP contribution in [-0.2, 0) is 76.0 Å². The first-order chi connectivity index (χ1) is 62.0. The van der Waals surface area contributed by atoms with Crippen molar-refractivity contribution in [3.05, 3.63) is 257 Å². The lowest BCUT2D eigenvalue weighted by Crippen LogP contribution is -2.49. The Labute approximate surface area is 780 Å². The summed E-state index contributed by atoms with van der Waals surface area (Å²) in [5.41, 5.74) is 4.81. The maximum absolute atomic E-state index is 13.2. The number of piperazine rings is 4. The van der Waals surface area contributed by atoms with Crippen LogP contribution < -0.4 is 31.2 Å². The molecule has 4 aliphatic rings. The van der Waals surface area contributed by atoms with E-state index in [1.165, 1.54) is 29.9 Å². The minimum Gasteiger partial charge on any atom is -0.757 e. The van der Waals surface area contributed by atoms with E-state index >= 15 is 0 Å². The van der Waals surface area contributed by atoms with Crippen molar-refractivity contribution in [1.82, 2.24) is 47.8 Å². The van der Waals surface area contributed by atoms with Gasteiger partial charge in [-0.3, -0.25) is 29.1 Å². The molecule has 11 rings (SSSR count). The van der Waals surface area contributed by atoms with Crippen LogP contribution in [0.25, 0.3) is 11.1 Å². The maximum atomic E-state index is 13.2. The lowest BCUT2D eigenvalue weighted by atomic mass is 10.2. The molecule has 0 unspecified atom stereocenters. The van der Waals surface area contributed by atoms with E-state index in [0.29, 0.717) is 130 Å².